The fourth-order valence-electron chi connectivity index (χ4n) is 1.53. The third-order valence-electron chi connectivity index (χ3n) is 2.40. The van der Waals surface area contributed by atoms with Crippen molar-refractivity contribution in [3.05, 3.63) is 57.8 Å². The molecule has 0 atom stereocenters. The minimum absolute atomic E-state index is 0.0260. The molecule has 0 unspecified atom stereocenters. The zero-order chi connectivity index (χ0) is 13.0. The summed E-state index contributed by atoms with van der Waals surface area (Å²) in [4.78, 5) is 9.86. The zero-order valence-corrected chi connectivity index (χ0v) is 9.50. The second-order valence-corrected chi connectivity index (χ2v) is 3.71. The quantitative estimate of drug-likeness (QED) is 0.626. The summed E-state index contributed by atoms with van der Waals surface area (Å²) < 4.78 is 5.01. The van der Waals surface area contributed by atoms with Gasteiger partial charge in [0.25, 0.3) is 0 Å². The highest BCUT2D eigenvalue weighted by atomic mass is 16.6. The van der Waals surface area contributed by atoms with Crippen LogP contribution in [-0.4, -0.2) is 10.0 Å². The second-order valence-electron chi connectivity index (χ2n) is 3.71. The first-order chi connectivity index (χ1) is 8.69. The molecule has 0 bridgehead atoms. The Morgan fingerprint density at radius 2 is 2.17 bits per heavy atom. The van der Waals surface area contributed by atoms with E-state index in [-0.39, 0.29) is 12.5 Å². The average Bonchev–Trinajstić information content (AvgIpc) is 2.85. The topological polar surface area (TPSA) is 88.5 Å². The molecule has 18 heavy (non-hydrogen) atoms. The van der Waals surface area contributed by atoms with Gasteiger partial charge in [-0.1, -0.05) is 12.1 Å². The van der Waals surface area contributed by atoms with Crippen molar-refractivity contribution in [2.45, 2.75) is 13.2 Å². The van der Waals surface area contributed by atoms with Crippen molar-refractivity contribution in [3.63, 3.8) is 0 Å². The van der Waals surface area contributed by atoms with Crippen LogP contribution in [0.5, 0.6) is 0 Å². The molecule has 0 radical (unpaired) electrons. The van der Waals surface area contributed by atoms with Crippen LogP contribution in [0.4, 0.5) is 11.6 Å². The Morgan fingerprint density at radius 3 is 2.83 bits per heavy atom. The largest absolute Gasteiger partial charge is 0.433 e. The molecule has 0 saturated heterocycles. The maximum atomic E-state index is 10.4. The summed E-state index contributed by atoms with van der Waals surface area (Å²) >= 11 is 0. The molecule has 1 aromatic carbocycles. The predicted octanol–water partition coefficient (Wildman–Crippen LogP) is 2.29. The van der Waals surface area contributed by atoms with Crippen LogP contribution in [0.2, 0.25) is 0 Å². The first-order valence-corrected chi connectivity index (χ1v) is 5.36. The first-order valence-electron chi connectivity index (χ1n) is 5.36. The number of anilines is 1. The molecule has 94 valence electrons. The smallest absolute Gasteiger partial charge is 0.404 e. The van der Waals surface area contributed by atoms with Gasteiger partial charge < -0.3 is 14.8 Å². The molecule has 2 N–H and O–H groups in total. The van der Waals surface area contributed by atoms with E-state index < -0.39 is 4.92 Å². The van der Waals surface area contributed by atoms with Crippen LogP contribution in [0, 0.1) is 10.1 Å². The van der Waals surface area contributed by atoms with Crippen LogP contribution in [-0.2, 0) is 13.2 Å². The summed E-state index contributed by atoms with van der Waals surface area (Å²) in [7, 11) is 0. The third-order valence-corrected chi connectivity index (χ3v) is 2.40. The van der Waals surface area contributed by atoms with Gasteiger partial charge in [-0.2, -0.15) is 0 Å². The standard InChI is InChI=1S/C12H12N2O4/c15-8-9-2-1-3-10(6-9)13-7-11-4-5-12(18-11)14(16)17/h1-6,13,15H,7-8H2. The van der Waals surface area contributed by atoms with Gasteiger partial charge >= 0.3 is 5.88 Å². The number of nitro groups is 1. The predicted molar refractivity (Wildman–Crippen MR) is 65.1 cm³/mol. The Kier molecular flexibility index (Phi) is 3.59. The normalized spacial score (nSPS) is 10.3. The monoisotopic (exact) mass is 248 g/mol. The summed E-state index contributed by atoms with van der Waals surface area (Å²) in [6.07, 6.45) is 0. The van der Waals surface area contributed by atoms with E-state index in [1.165, 1.54) is 6.07 Å². The molecule has 0 aliphatic rings. The fraction of sp³-hybridized carbons (Fsp3) is 0.167. The van der Waals surface area contributed by atoms with Crippen LogP contribution in [0.3, 0.4) is 0 Å². The lowest BCUT2D eigenvalue weighted by molar-refractivity contribution is -0.402. The Hall–Kier alpha value is -2.34. The molecule has 2 rings (SSSR count). The Morgan fingerprint density at radius 1 is 1.33 bits per heavy atom. The van der Waals surface area contributed by atoms with Gasteiger partial charge in [-0.15, -0.1) is 0 Å². The number of rotatable bonds is 5. The molecule has 0 spiro atoms. The van der Waals surface area contributed by atoms with Crippen molar-refractivity contribution in [2.75, 3.05) is 5.32 Å². The summed E-state index contributed by atoms with van der Waals surface area (Å²) in [5.41, 5.74) is 1.62. The van der Waals surface area contributed by atoms with Gasteiger partial charge in [-0.3, -0.25) is 10.1 Å². The molecule has 0 saturated carbocycles. The van der Waals surface area contributed by atoms with E-state index in [0.717, 1.165) is 11.3 Å². The molecule has 1 heterocycles. The molecular formula is C12H12N2O4. The van der Waals surface area contributed by atoms with Gasteiger partial charge in [0.1, 0.15) is 10.7 Å². The van der Waals surface area contributed by atoms with E-state index in [2.05, 4.69) is 5.32 Å². The molecule has 0 fully saturated rings. The van der Waals surface area contributed by atoms with Crippen LogP contribution >= 0.6 is 0 Å². The number of hydrogen-bond donors (Lipinski definition) is 2. The van der Waals surface area contributed by atoms with Gasteiger partial charge in [-0.05, 0) is 23.8 Å². The average molecular weight is 248 g/mol. The van der Waals surface area contributed by atoms with E-state index in [9.17, 15) is 10.1 Å². The number of benzene rings is 1. The zero-order valence-electron chi connectivity index (χ0n) is 9.50. The van der Waals surface area contributed by atoms with E-state index >= 15 is 0 Å². The minimum atomic E-state index is -0.574. The van der Waals surface area contributed by atoms with Gasteiger partial charge in [0.15, 0.2) is 0 Å². The second kappa shape index (κ2) is 5.33. The molecule has 0 amide bonds. The molecular weight excluding hydrogens is 236 g/mol. The number of nitrogens with one attached hydrogen (secondary N) is 1. The molecule has 1 aromatic heterocycles. The number of nitrogens with zero attached hydrogens (tertiary/aromatic N) is 1. The Balaban J connectivity index is 1.99. The summed E-state index contributed by atoms with van der Waals surface area (Å²) in [5, 5.41) is 22.5. The third kappa shape index (κ3) is 2.86. The Bertz CT molecular complexity index is 551. The van der Waals surface area contributed by atoms with E-state index in [1.54, 1.807) is 12.1 Å². The lowest BCUT2D eigenvalue weighted by Gasteiger charge is -2.05. The SMILES string of the molecule is O=[N+]([O-])c1ccc(CNc2cccc(CO)c2)o1. The molecule has 0 aliphatic carbocycles. The van der Waals surface area contributed by atoms with Gasteiger partial charge in [-0.25, -0.2) is 0 Å². The van der Waals surface area contributed by atoms with Crippen molar-refractivity contribution in [3.8, 4) is 0 Å². The number of aliphatic hydroxyl groups excluding tert-OH is 1. The number of furan rings is 1. The molecule has 6 nitrogen and oxygen atoms in total. The van der Waals surface area contributed by atoms with Crippen molar-refractivity contribution < 1.29 is 14.4 Å². The highest BCUT2D eigenvalue weighted by molar-refractivity contribution is 5.45. The first kappa shape index (κ1) is 12.1. The van der Waals surface area contributed by atoms with Crippen LogP contribution in [0.1, 0.15) is 11.3 Å². The maximum absolute atomic E-state index is 10.4. The minimum Gasteiger partial charge on any atom is -0.404 e. The number of hydrogen-bond acceptors (Lipinski definition) is 5. The summed E-state index contributed by atoms with van der Waals surface area (Å²) in [5.74, 6) is 0.215. The van der Waals surface area contributed by atoms with E-state index in [4.69, 9.17) is 9.52 Å². The van der Waals surface area contributed by atoms with Crippen LogP contribution < -0.4 is 5.32 Å². The molecule has 0 aliphatic heterocycles. The number of aliphatic hydroxyl groups is 1. The lowest BCUT2D eigenvalue weighted by Crippen LogP contribution is -1.98. The van der Waals surface area contributed by atoms with Crippen LogP contribution in [0.25, 0.3) is 0 Å². The van der Waals surface area contributed by atoms with Gasteiger partial charge in [0.2, 0.25) is 0 Å². The van der Waals surface area contributed by atoms with Crippen LogP contribution in [0.15, 0.2) is 40.8 Å². The molecule has 2 aromatic rings. The van der Waals surface area contributed by atoms with Crippen molar-refractivity contribution in [1.82, 2.24) is 0 Å². The maximum Gasteiger partial charge on any atom is 0.433 e. The van der Waals surface area contributed by atoms with Gasteiger partial charge in [0.05, 0.1) is 19.2 Å². The van der Waals surface area contributed by atoms with E-state index in [0.29, 0.717) is 12.3 Å². The highest BCUT2D eigenvalue weighted by Gasteiger charge is 2.11. The summed E-state index contributed by atoms with van der Waals surface area (Å²) in [6.45, 7) is 0.324. The van der Waals surface area contributed by atoms with Crippen molar-refractivity contribution in [2.24, 2.45) is 0 Å². The van der Waals surface area contributed by atoms with Gasteiger partial charge in [0, 0.05) is 5.69 Å². The Labute approximate surface area is 103 Å². The van der Waals surface area contributed by atoms with Crippen molar-refractivity contribution >= 4 is 11.6 Å². The lowest BCUT2D eigenvalue weighted by atomic mass is 10.2. The summed E-state index contributed by atoms with van der Waals surface area (Å²) in [6, 6.07) is 10.2. The fourth-order valence-corrected chi connectivity index (χ4v) is 1.53. The highest BCUT2D eigenvalue weighted by Crippen LogP contribution is 2.17. The van der Waals surface area contributed by atoms with Crippen molar-refractivity contribution in [1.29, 1.82) is 0 Å². The van der Waals surface area contributed by atoms with E-state index in [1.807, 2.05) is 18.2 Å². The molecule has 6 heteroatoms.